The Balaban J connectivity index is 1.86. The molecule has 0 fully saturated rings. The molecule has 1 aliphatic heterocycles. The highest BCUT2D eigenvalue weighted by molar-refractivity contribution is 7.07. The number of methoxy groups -OCH3 is 2. The van der Waals surface area contributed by atoms with Crippen molar-refractivity contribution in [2.24, 2.45) is 4.99 Å². The zero-order chi connectivity index (χ0) is 29.7. The van der Waals surface area contributed by atoms with Gasteiger partial charge in [0.2, 0.25) is 0 Å². The molecule has 41 heavy (non-hydrogen) atoms. The van der Waals surface area contributed by atoms with E-state index in [1.54, 1.807) is 38.1 Å². The first kappa shape index (κ1) is 29.6. The van der Waals surface area contributed by atoms with Gasteiger partial charge in [0.25, 0.3) is 5.56 Å². The molecular weight excluding hydrogens is 548 g/mol. The normalized spacial score (nSPS) is 14.8. The Morgan fingerprint density at radius 2 is 1.85 bits per heavy atom. The number of thiazole rings is 1. The molecule has 1 aliphatic rings. The predicted molar refractivity (Wildman–Crippen MR) is 153 cm³/mol. The summed E-state index contributed by atoms with van der Waals surface area (Å²) in [6.07, 6.45) is 1.59. The SMILES string of the molecule is CCOC(=O)C1=C(C)N=c2s/c(=C/c3ccc(OCC(=O)OC)c(OC)c3)c(=O)n2[C@H]1c1ccccc1OC(C)C. The predicted octanol–water partition coefficient (Wildman–Crippen LogP) is 3.15. The van der Waals surface area contributed by atoms with Crippen molar-refractivity contribution in [2.45, 2.75) is 39.8 Å². The van der Waals surface area contributed by atoms with Crippen LogP contribution < -0.4 is 29.1 Å². The second-order valence-electron chi connectivity index (χ2n) is 9.28. The Labute approximate surface area is 241 Å². The number of rotatable bonds is 10. The first-order valence-corrected chi connectivity index (χ1v) is 13.8. The van der Waals surface area contributed by atoms with Gasteiger partial charge >= 0.3 is 11.9 Å². The molecular formula is C30H32N2O8S. The van der Waals surface area contributed by atoms with Gasteiger partial charge in [0.1, 0.15) is 11.8 Å². The van der Waals surface area contributed by atoms with E-state index in [9.17, 15) is 14.4 Å². The minimum Gasteiger partial charge on any atom is -0.493 e. The minimum atomic E-state index is -0.800. The van der Waals surface area contributed by atoms with E-state index in [2.05, 4.69) is 9.73 Å². The third-order valence-electron chi connectivity index (χ3n) is 6.15. The topological polar surface area (TPSA) is 115 Å². The Hall–Kier alpha value is -4.38. The molecule has 10 nitrogen and oxygen atoms in total. The number of allylic oxidation sites excluding steroid dienone is 1. The summed E-state index contributed by atoms with van der Waals surface area (Å²) in [6.45, 7) is 7.20. The van der Waals surface area contributed by atoms with E-state index in [1.807, 2.05) is 38.1 Å². The maximum atomic E-state index is 14.0. The first-order chi connectivity index (χ1) is 19.7. The maximum Gasteiger partial charge on any atom is 0.343 e. The number of aromatic nitrogens is 1. The van der Waals surface area contributed by atoms with Gasteiger partial charge in [-0.05, 0) is 57.5 Å². The van der Waals surface area contributed by atoms with Gasteiger partial charge in [0.15, 0.2) is 22.9 Å². The summed E-state index contributed by atoms with van der Waals surface area (Å²) in [6, 6.07) is 11.6. The quantitative estimate of drug-likeness (QED) is 0.336. The van der Waals surface area contributed by atoms with Gasteiger partial charge in [0.05, 0.1) is 42.7 Å². The molecule has 0 bridgehead atoms. The van der Waals surface area contributed by atoms with Crippen LogP contribution in [0.5, 0.6) is 17.2 Å². The number of benzene rings is 2. The molecule has 0 radical (unpaired) electrons. The van der Waals surface area contributed by atoms with Crippen molar-refractivity contribution in [3.05, 3.63) is 84.5 Å². The number of fused-ring (bicyclic) bond motifs is 1. The highest BCUT2D eigenvalue weighted by Crippen LogP contribution is 2.36. The van der Waals surface area contributed by atoms with Crippen LogP contribution in [-0.4, -0.2) is 50.0 Å². The number of carbonyl (C=O) groups excluding carboxylic acids is 2. The molecule has 1 atom stereocenters. The summed E-state index contributed by atoms with van der Waals surface area (Å²) in [5, 5.41) is 0. The van der Waals surface area contributed by atoms with E-state index < -0.39 is 18.0 Å². The summed E-state index contributed by atoms with van der Waals surface area (Å²) >= 11 is 1.21. The fourth-order valence-electron chi connectivity index (χ4n) is 4.39. The molecule has 1 aromatic heterocycles. The monoisotopic (exact) mass is 580 g/mol. The second-order valence-corrected chi connectivity index (χ2v) is 10.3. The molecule has 3 aromatic rings. The van der Waals surface area contributed by atoms with Crippen molar-refractivity contribution >= 4 is 29.4 Å². The Morgan fingerprint density at radius 3 is 2.54 bits per heavy atom. The molecule has 4 rings (SSSR count). The summed E-state index contributed by atoms with van der Waals surface area (Å²) in [7, 11) is 2.76. The van der Waals surface area contributed by atoms with Crippen LogP contribution in [0.4, 0.5) is 0 Å². The highest BCUT2D eigenvalue weighted by atomic mass is 32.1. The van der Waals surface area contributed by atoms with Crippen molar-refractivity contribution in [1.82, 2.24) is 4.57 Å². The van der Waals surface area contributed by atoms with Crippen molar-refractivity contribution in [1.29, 1.82) is 0 Å². The molecule has 11 heteroatoms. The fraction of sp³-hybridized carbons (Fsp3) is 0.333. The van der Waals surface area contributed by atoms with Gasteiger partial charge in [-0.1, -0.05) is 35.6 Å². The molecule has 2 heterocycles. The van der Waals surface area contributed by atoms with Gasteiger partial charge in [0, 0.05) is 5.56 Å². The zero-order valence-corrected chi connectivity index (χ0v) is 24.6. The van der Waals surface area contributed by atoms with E-state index in [0.29, 0.717) is 43.4 Å². The van der Waals surface area contributed by atoms with Crippen molar-refractivity contribution in [3.8, 4) is 17.2 Å². The minimum absolute atomic E-state index is 0.127. The summed E-state index contributed by atoms with van der Waals surface area (Å²) in [5.74, 6) is 0.233. The van der Waals surface area contributed by atoms with Crippen molar-refractivity contribution in [3.63, 3.8) is 0 Å². The molecule has 0 unspecified atom stereocenters. The number of para-hydroxylation sites is 1. The summed E-state index contributed by atoms with van der Waals surface area (Å²) in [4.78, 5) is 43.7. The third-order valence-corrected chi connectivity index (χ3v) is 7.13. The first-order valence-electron chi connectivity index (χ1n) is 13.0. The van der Waals surface area contributed by atoms with Crippen LogP contribution in [0.15, 0.2) is 63.5 Å². The van der Waals surface area contributed by atoms with E-state index in [-0.39, 0.29) is 30.5 Å². The zero-order valence-electron chi connectivity index (χ0n) is 23.8. The van der Waals surface area contributed by atoms with E-state index in [1.165, 1.54) is 30.1 Å². The van der Waals surface area contributed by atoms with Crippen LogP contribution in [0, 0.1) is 0 Å². The summed E-state index contributed by atoms with van der Waals surface area (Å²) < 4.78 is 28.9. The molecule has 0 spiro atoms. The smallest absolute Gasteiger partial charge is 0.343 e. The number of carbonyl (C=O) groups is 2. The van der Waals surface area contributed by atoms with E-state index in [4.69, 9.17) is 18.9 Å². The lowest BCUT2D eigenvalue weighted by Crippen LogP contribution is -2.40. The molecule has 216 valence electrons. The Kier molecular flexibility index (Phi) is 9.28. The van der Waals surface area contributed by atoms with Crippen molar-refractivity contribution in [2.75, 3.05) is 27.4 Å². The molecule has 2 aromatic carbocycles. The molecule has 0 amide bonds. The third kappa shape index (κ3) is 6.35. The number of esters is 2. The number of hydrogen-bond donors (Lipinski definition) is 0. The molecule has 0 saturated heterocycles. The van der Waals surface area contributed by atoms with Crippen LogP contribution in [0.2, 0.25) is 0 Å². The van der Waals surface area contributed by atoms with Crippen LogP contribution in [0.1, 0.15) is 44.9 Å². The number of nitrogens with zero attached hydrogens (tertiary/aromatic N) is 2. The van der Waals surface area contributed by atoms with E-state index >= 15 is 0 Å². The van der Waals surface area contributed by atoms with Crippen LogP contribution in [-0.2, 0) is 19.1 Å². The molecule has 0 saturated carbocycles. The number of hydrogen-bond acceptors (Lipinski definition) is 10. The van der Waals surface area contributed by atoms with E-state index in [0.717, 1.165) is 0 Å². The van der Waals surface area contributed by atoms with Crippen LogP contribution in [0.25, 0.3) is 6.08 Å². The molecule has 0 aliphatic carbocycles. The van der Waals surface area contributed by atoms with Crippen LogP contribution in [0.3, 0.4) is 0 Å². The van der Waals surface area contributed by atoms with Gasteiger partial charge in [-0.3, -0.25) is 9.36 Å². The highest BCUT2D eigenvalue weighted by Gasteiger charge is 2.35. The lowest BCUT2D eigenvalue weighted by Gasteiger charge is -2.26. The molecule has 0 N–H and O–H groups in total. The standard InChI is InChI=1S/C30H32N2O8S/c1-7-38-29(35)26-18(4)31-30-32(27(26)20-10-8-9-11-21(20)40-17(2)3)28(34)24(41-30)15-19-12-13-22(23(14-19)36-5)39-16-25(33)37-6/h8-15,17,27H,7,16H2,1-6H3/b24-15+/t27-/m0/s1. The van der Waals surface area contributed by atoms with Gasteiger partial charge in [-0.2, -0.15) is 0 Å². The lowest BCUT2D eigenvalue weighted by atomic mass is 9.95. The number of ether oxygens (including phenoxy) is 5. The van der Waals surface area contributed by atoms with Gasteiger partial charge in [-0.15, -0.1) is 0 Å². The summed E-state index contributed by atoms with van der Waals surface area (Å²) in [5.41, 5.74) is 1.74. The van der Waals surface area contributed by atoms with Crippen LogP contribution >= 0.6 is 11.3 Å². The van der Waals surface area contributed by atoms with Gasteiger partial charge in [-0.25, -0.2) is 14.6 Å². The average Bonchev–Trinajstić information content (AvgIpc) is 3.25. The second kappa shape index (κ2) is 12.9. The lowest BCUT2D eigenvalue weighted by molar-refractivity contribution is -0.143. The average molecular weight is 581 g/mol. The maximum absolute atomic E-state index is 14.0. The Bertz CT molecular complexity index is 1670. The Morgan fingerprint density at radius 1 is 1.10 bits per heavy atom. The van der Waals surface area contributed by atoms with Gasteiger partial charge < -0.3 is 23.7 Å². The fourth-order valence-corrected chi connectivity index (χ4v) is 5.44. The largest absolute Gasteiger partial charge is 0.493 e. The van der Waals surface area contributed by atoms with Crippen molar-refractivity contribution < 1.29 is 33.3 Å².